The third kappa shape index (κ3) is 3.41. The molecule has 2 saturated heterocycles. The molecule has 0 saturated carbocycles. The predicted octanol–water partition coefficient (Wildman–Crippen LogP) is 1.68. The zero-order chi connectivity index (χ0) is 10.6. The summed E-state index contributed by atoms with van der Waals surface area (Å²) < 4.78 is 22.1. The Morgan fingerprint density at radius 1 is 1.20 bits per heavy atom. The monoisotopic (exact) mass is 216 g/mol. The molecule has 0 aromatic heterocycles. The van der Waals surface area contributed by atoms with Gasteiger partial charge in [-0.15, -0.1) is 0 Å². The van der Waals surface area contributed by atoms with E-state index >= 15 is 0 Å². The van der Waals surface area contributed by atoms with Crippen molar-refractivity contribution in [1.29, 1.82) is 0 Å². The minimum atomic E-state index is -0.436. The predicted molar refractivity (Wildman–Crippen MR) is 54.5 cm³/mol. The SMILES string of the molecule is CC1(CCOC2CCCCO2)OCCO1. The minimum absolute atomic E-state index is 0.0104. The van der Waals surface area contributed by atoms with Crippen LogP contribution in [0.15, 0.2) is 0 Å². The molecular weight excluding hydrogens is 196 g/mol. The first-order chi connectivity index (χ1) is 7.29. The van der Waals surface area contributed by atoms with Gasteiger partial charge in [-0.1, -0.05) is 0 Å². The molecule has 2 aliphatic rings. The van der Waals surface area contributed by atoms with Crippen LogP contribution in [-0.2, 0) is 18.9 Å². The summed E-state index contributed by atoms with van der Waals surface area (Å²) in [6.07, 6.45) is 4.13. The topological polar surface area (TPSA) is 36.9 Å². The molecule has 2 fully saturated rings. The Morgan fingerprint density at radius 3 is 2.67 bits per heavy atom. The van der Waals surface area contributed by atoms with Crippen LogP contribution in [0.2, 0.25) is 0 Å². The lowest BCUT2D eigenvalue weighted by Gasteiger charge is -2.26. The summed E-state index contributed by atoms with van der Waals surface area (Å²) in [4.78, 5) is 0. The van der Waals surface area contributed by atoms with Gasteiger partial charge in [-0.05, 0) is 26.2 Å². The Hall–Kier alpha value is -0.160. The molecule has 1 unspecified atom stereocenters. The third-order valence-electron chi connectivity index (χ3n) is 2.90. The van der Waals surface area contributed by atoms with Crippen LogP contribution in [0.3, 0.4) is 0 Å². The van der Waals surface area contributed by atoms with Gasteiger partial charge in [0.2, 0.25) is 0 Å². The number of rotatable bonds is 4. The molecule has 1 atom stereocenters. The van der Waals surface area contributed by atoms with Gasteiger partial charge in [0.1, 0.15) is 0 Å². The molecule has 2 aliphatic heterocycles. The molecule has 15 heavy (non-hydrogen) atoms. The van der Waals surface area contributed by atoms with Gasteiger partial charge in [-0.25, -0.2) is 0 Å². The Labute approximate surface area is 90.8 Å². The van der Waals surface area contributed by atoms with Crippen molar-refractivity contribution < 1.29 is 18.9 Å². The van der Waals surface area contributed by atoms with Crippen molar-refractivity contribution in [2.75, 3.05) is 26.4 Å². The van der Waals surface area contributed by atoms with Crippen molar-refractivity contribution >= 4 is 0 Å². The van der Waals surface area contributed by atoms with Gasteiger partial charge in [0, 0.05) is 13.0 Å². The molecule has 0 bridgehead atoms. The van der Waals surface area contributed by atoms with Gasteiger partial charge in [0.25, 0.3) is 0 Å². The van der Waals surface area contributed by atoms with Crippen molar-refractivity contribution in [2.45, 2.75) is 44.7 Å². The van der Waals surface area contributed by atoms with Crippen molar-refractivity contribution in [3.63, 3.8) is 0 Å². The lowest BCUT2D eigenvalue weighted by Crippen LogP contribution is -2.30. The van der Waals surface area contributed by atoms with Gasteiger partial charge >= 0.3 is 0 Å². The van der Waals surface area contributed by atoms with Crippen molar-refractivity contribution in [3.05, 3.63) is 0 Å². The van der Waals surface area contributed by atoms with Crippen LogP contribution in [0, 0.1) is 0 Å². The molecule has 2 heterocycles. The van der Waals surface area contributed by atoms with E-state index in [9.17, 15) is 0 Å². The summed E-state index contributed by atoms with van der Waals surface area (Å²) in [5, 5.41) is 0. The van der Waals surface area contributed by atoms with Crippen LogP contribution in [0.25, 0.3) is 0 Å². The van der Waals surface area contributed by atoms with Gasteiger partial charge in [0.05, 0.1) is 19.8 Å². The highest BCUT2D eigenvalue weighted by Gasteiger charge is 2.30. The summed E-state index contributed by atoms with van der Waals surface area (Å²) in [5.74, 6) is -0.436. The van der Waals surface area contributed by atoms with Crippen molar-refractivity contribution in [3.8, 4) is 0 Å². The fourth-order valence-corrected chi connectivity index (χ4v) is 1.92. The maximum absolute atomic E-state index is 5.63. The average molecular weight is 216 g/mol. The van der Waals surface area contributed by atoms with Crippen LogP contribution in [0.4, 0.5) is 0 Å². The van der Waals surface area contributed by atoms with E-state index in [1.54, 1.807) is 0 Å². The van der Waals surface area contributed by atoms with Gasteiger partial charge in [-0.3, -0.25) is 0 Å². The summed E-state index contributed by atoms with van der Waals surface area (Å²) in [5.41, 5.74) is 0. The summed E-state index contributed by atoms with van der Waals surface area (Å²) in [6.45, 7) is 4.81. The van der Waals surface area contributed by atoms with Crippen LogP contribution in [0.5, 0.6) is 0 Å². The quantitative estimate of drug-likeness (QED) is 0.716. The van der Waals surface area contributed by atoms with Crippen molar-refractivity contribution in [2.24, 2.45) is 0 Å². The zero-order valence-corrected chi connectivity index (χ0v) is 9.37. The molecule has 0 aliphatic carbocycles. The zero-order valence-electron chi connectivity index (χ0n) is 9.37. The van der Waals surface area contributed by atoms with Crippen LogP contribution in [0.1, 0.15) is 32.6 Å². The summed E-state index contributed by atoms with van der Waals surface area (Å²) >= 11 is 0. The normalized spacial score (nSPS) is 30.6. The lowest BCUT2D eigenvalue weighted by atomic mass is 10.2. The molecule has 4 heteroatoms. The van der Waals surface area contributed by atoms with Gasteiger partial charge in [-0.2, -0.15) is 0 Å². The lowest BCUT2D eigenvalue weighted by molar-refractivity contribution is -0.193. The summed E-state index contributed by atoms with van der Waals surface area (Å²) in [6, 6.07) is 0. The maximum Gasteiger partial charge on any atom is 0.167 e. The van der Waals surface area contributed by atoms with E-state index in [1.165, 1.54) is 6.42 Å². The number of hydrogen-bond acceptors (Lipinski definition) is 4. The van der Waals surface area contributed by atoms with Crippen LogP contribution in [-0.4, -0.2) is 38.5 Å². The largest absolute Gasteiger partial charge is 0.353 e. The molecule has 0 amide bonds. The highest BCUT2D eigenvalue weighted by atomic mass is 16.7. The van der Waals surface area contributed by atoms with E-state index in [-0.39, 0.29) is 6.29 Å². The molecular formula is C11H20O4. The smallest absolute Gasteiger partial charge is 0.167 e. The molecule has 0 N–H and O–H groups in total. The second-order valence-corrected chi connectivity index (χ2v) is 4.25. The molecule has 0 radical (unpaired) electrons. The van der Waals surface area contributed by atoms with E-state index in [0.29, 0.717) is 19.8 Å². The second-order valence-electron chi connectivity index (χ2n) is 4.25. The first-order valence-corrected chi connectivity index (χ1v) is 5.80. The van der Waals surface area contributed by atoms with E-state index in [2.05, 4.69) is 0 Å². The molecule has 2 rings (SSSR count). The molecule has 0 aromatic rings. The fraction of sp³-hybridized carbons (Fsp3) is 1.00. The Balaban J connectivity index is 1.61. The first-order valence-electron chi connectivity index (χ1n) is 5.80. The van der Waals surface area contributed by atoms with Crippen LogP contribution >= 0.6 is 0 Å². The Morgan fingerprint density at radius 2 is 2.00 bits per heavy atom. The third-order valence-corrected chi connectivity index (χ3v) is 2.90. The van der Waals surface area contributed by atoms with Crippen molar-refractivity contribution in [1.82, 2.24) is 0 Å². The molecule has 0 aromatic carbocycles. The molecule has 0 spiro atoms. The van der Waals surface area contributed by atoms with Crippen LogP contribution < -0.4 is 0 Å². The first kappa shape index (κ1) is 11.3. The Kier molecular flexibility index (Phi) is 3.97. The maximum atomic E-state index is 5.63. The van der Waals surface area contributed by atoms with E-state index in [4.69, 9.17) is 18.9 Å². The highest BCUT2D eigenvalue weighted by Crippen LogP contribution is 2.23. The fourth-order valence-electron chi connectivity index (χ4n) is 1.92. The highest BCUT2D eigenvalue weighted by molar-refractivity contribution is 4.67. The molecule has 4 nitrogen and oxygen atoms in total. The summed E-state index contributed by atoms with van der Waals surface area (Å²) in [7, 11) is 0. The van der Waals surface area contributed by atoms with E-state index in [1.807, 2.05) is 6.92 Å². The molecule has 88 valence electrons. The standard InChI is InChI=1S/C11H20O4/c1-11(14-8-9-15-11)5-7-13-10-4-2-3-6-12-10/h10H,2-9H2,1H3. The second kappa shape index (κ2) is 5.25. The number of ether oxygens (including phenoxy) is 4. The van der Waals surface area contributed by atoms with E-state index in [0.717, 1.165) is 25.9 Å². The average Bonchev–Trinajstić information content (AvgIpc) is 2.67. The van der Waals surface area contributed by atoms with Gasteiger partial charge < -0.3 is 18.9 Å². The van der Waals surface area contributed by atoms with E-state index < -0.39 is 5.79 Å². The number of hydrogen-bond donors (Lipinski definition) is 0. The van der Waals surface area contributed by atoms with Gasteiger partial charge in [0.15, 0.2) is 12.1 Å². The minimum Gasteiger partial charge on any atom is -0.353 e. The Bertz CT molecular complexity index is 183.